The van der Waals surface area contributed by atoms with Crippen molar-refractivity contribution in [2.24, 2.45) is 0 Å². The quantitative estimate of drug-likeness (QED) is 0.123. The molecule has 13 rings (SSSR count). The Morgan fingerprint density at radius 2 is 0.848 bits per heavy atom. The summed E-state index contributed by atoms with van der Waals surface area (Å²) in [6.07, 6.45) is 18.9. The summed E-state index contributed by atoms with van der Waals surface area (Å²) >= 11 is 0. The number of nitrogens with zero attached hydrogens (tertiary/aromatic N) is 1. The molecule has 0 unspecified atom stereocenters. The van der Waals surface area contributed by atoms with Gasteiger partial charge in [-0.05, 0) is 138 Å². The minimum absolute atomic E-state index is 0.282. The first-order chi connectivity index (χ1) is 32.8. The molecule has 1 spiro atoms. The number of hydrogen-bond donors (Lipinski definition) is 0. The maximum atomic E-state index is 4.00. The fourth-order valence-corrected chi connectivity index (χ4v) is 11.4. The van der Waals surface area contributed by atoms with Crippen LogP contribution in [0.4, 0.5) is 0 Å². The number of terminal acetylenes is 1. The highest BCUT2D eigenvalue weighted by atomic mass is 15.0. The molecule has 0 bridgehead atoms. The number of fused-ring (bicyclic) bond motifs is 12. The summed E-state index contributed by atoms with van der Waals surface area (Å²) in [4.78, 5) is 0. The van der Waals surface area contributed by atoms with Gasteiger partial charge in [0.2, 0.25) is 0 Å². The highest BCUT2D eigenvalue weighted by Gasteiger charge is 2.44. The van der Waals surface area contributed by atoms with Gasteiger partial charge in [-0.1, -0.05) is 200 Å². The third-order valence-electron chi connectivity index (χ3n) is 14.2. The van der Waals surface area contributed by atoms with Crippen LogP contribution in [0.5, 0.6) is 0 Å². The Kier molecular flexibility index (Phi) is 9.48. The van der Waals surface area contributed by atoms with Crippen molar-refractivity contribution in [1.82, 2.24) is 4.57 Å². The predicted molar refractivity (Wildman–Crippen MR) is 280 cm³/mol. The number of aromatic nitrogens is 1. The average Bonchev–Trinajstić information content (AvgIpc) is 3.90. The van der Waals surface area contributed by atoms with Crippen molar-refractivity contribution in [2.75, 3.05) is 0 Å². The third kappa shape index (κ3) is 5.96. The van der Waals surface area contributed by atoms with Gasteiger partial charge in [0.05, 0.1) is 16.4 Å². The van der Waals surface area contributed by atoms with Crippen LogP contribution in [0.2, 0.25) is 0 Å². The highest BCUT2D eigenvalue weighted by molar-refractivity contribution is 6.21. The van der Waals surface area contributed by atoms with Crippen molar-refractivity contribution >= 4 is 43.4 Å². The van der Waals surface area contributed by atoms with Crippen LogP contribution >= 0.6 is 0 Å². The zero-order chi connectivity index (χ0) is 44.2. The molecule has 0 atom stereocenters. The molecule has 2 aliphatic rings. The molecular formula is C65H45N. The summed E-state index contributed by atoms with van der Waals surface area (Å²) in [6.45, 7) is 0. The molecule has 11 aromatic rings. The molecular weight excluding hydrogens is 795 g/mol. The maximum absolute atomic E-state index is 4.00. The Hall–Kier alpha value is -8.44. The van der Waals surface area contributed by atoms with E-state index in [4.69, 9.17) is 0 Å². The lowest BCUT2D eigenvalue weighted by Crippen LogP contribution is -2.28. The predicted octanol–water partition coefficient (Wildman–Crippen LogP) is 16.7. The van der Waals surface area contributed by atoms with Crippen molar-refractivity contribution in [3.8, 4) is 63.0 Å². The molecule has 66 heavy (non-hydrogen) atoms. The van der Waals surface area contributed by atoms with Gasteiger partial charge in [-0.3, -0.25) is 0 Å². The van der Waals surface area contributed by atoms with Crippen molar-refractivity contribution in [3.05, 3.63) is 259 Å². The Bertz CT molecular complexity index is 3660. The minimum atomic E-state index is -0.282. The third-order valence-corrected chi connectivity index (χ3v) is 14.2. The van der Waals surface area contributed by atoms with Crippen molar-refractivity contribution in [3.63, 3.8) is 0 Å². The zero-order valence-electron chi connectivity index (χ0n) is 36.5. The standard InChI is InChI=1S/C63H43N.C2H2/c1-2-17-39-63(56-28-14-11-21-48(56)49-22-12-15-29-57(49)63)58-41-46(32-31-42(58)18-4-1)45-35-38-60-55(40-45)50-23-13-16-30-59(50)64(60)47-36-33-44(34-37-47)62-53-26-9-7-24-51(53)61(43-19-5-3-6-20-43)52-25-8-10-27-54(52)62;1-2/h1-17,19-38,40-41H,18,39H2;1-2H/b4-1-,17-2-;. The minimum Gasteiger partial charge on any atom is -0.309 e. The number of hydrogen-bond acceptors (Lipinski definition) is 0. The van der Waals surface area contributed by atoms with Gasteiger partial charge in [0.15, 0.2) is 0 Å². The lowest BCUT2D eigenvalue weighted by Gasteiger charge is -2.34. The van der Waals surface area contributed by atoms with Crippen LogP contribution in [0, 0.1) is 12.8 Å². The van der Waals surface area contributed by atoms with E-state index in [1.54, 1.807) is 0 Å². The molecule has 0 fully saturated rings. The Labute approximate surface area is 386 Å². The largest absolute Gasteiger partial charge is 0.309 e. The SMILES string of the molecule is C#C.C1=C\Cc2ccc(-c3ccc4c(c3)c3ccccc3n4-c3ccc(-c4c5ccccc5c(-c5ccccc5)c5ccccc45)cc3)cc2C2(C\C=C/1)c1ccccc1-c1ccccc12. The summed E-state index contributed by atoms with van der Waals surface area (Å²) in [7, 11) is 0. The van der Waals surface area contributed by atoms with E-state index in [2.05, 4.69) is 254 Å². The van der Waals surface area contributed by atoms with E-state index >= 15 is 0 Å². The van der Waals surface area contributed by atoms with Crippen molar-refractivity contribution in [2.45, 2.75) is 18.3 Å². The fourth-order valence-electron chi connectivity index (χ4n) is 11.4. The highest BCUT2D eigenvalue weighted by Crippen LogP contribution is 2.56. The van der Waals surface area contributed by atoms with Gasteiger partial charge in [-0.2, -0.15) is 0 Å². The molecule has 1 heterocycles. The Morgan fingerprint density at radius 3 is 1.50 bits per heavy atom. The second kappa shape index (κ2) is 16.0. The summed E-state index contributed by atoms with van der Waals surface area (Å²) in [5, 5.41) is 7.58. The Balaban J connectivity index is 0.00000225. The average molecular weight is 840 g/mol. The molecule has 1 heteroatoms. The molecule has 0 saturated heterocycles. The van der Waals surface area contributed by atoms with Crippen LogP contribution in [-0.2, 0) is 11.8 Å². The van der Waals surface area contributed by atoms with Gasteiger partial charge in [0, 0.05) is 16.5 Å². The monoisotopic (exact) mass is 839 g/mol. The van der Waals surface area contributed by atoms with E-state index in [0.717, 1.165) is 18.5 Å². The normalized spacial score (nSPS) is 14.4. The first-order valence-electron chi connectivity index (χ1n) is 22.9. The number of allylic oxidation sites excluding steroid dienone is 4. The number of benzene rings is 10. The van der Waals surface area contributed by atoms with E-state index < -0.39 is 0 Å². The van der Waals surface area contributed by atoms with Gasteiger partial charge in [0.25, 0.3) is 0 Å². The van der Waals surface area contributed by atoms with Gasteiger partial charge < -0.3 is 4.57 Å². The summed E-state index contributed by atoms with van der Waals surface area (Å²) in [5.41, 5.74) is 19.0. The maximum Gasteiger partial charge on any atom is 0.0541 e. The second-order valence-corrected chi connectivity index (χ2v) is 17.5. The first kappa shape index (κ1) is 39.2. The van der Waals surface area contributed by atoms with Gasteiger partial charge >= 0.3 is 0 Å². The molecule has 0 saturated carbocycles. The van der Waals surface area contributed by atoms with Crippen LogP contribution < -0.4 is 0 Å². The number of para-hydroxylation sites is 1. The van der Waals surface area contributed by atoms with Gasteiger partial charge in [-0.25, -0.2) is 0 Å². The molecule has 0 radical (unpaired) electrons. The zero-order valence-corrected chi connectivity index (χ0v) is 36.5. The van der Waals surface area contributed by atoms with E-state index in [1.807, 2.05) is 0 Å². The smallest absolute Gasteiger partial charge is 0.0541 e. The van der Waals surface area contributed by atoms with E-state index in [9.17, 15) is 0 Å². The molecule has 0 aliphatic heterocycles. The molecule has 1 aromatic heterocycles. The van der Waals surface area contributed by atoms with Gasteiger partial charge in [-0.15, -0.1) is 12.8 Å². The molecule has 0 N–H and O–H groups in total. The lowest BCUT2D eigenvalue weighted by atomic mass is 9.68. The van der Waals surface area contributed by atoms with Crippen LogP contribution in [-0.4, -0.2) is 4.57 Å². The van der Waals surface area contributed by atoms with Crippen molar-refractivity contribution < 1.29 is 0 Å². The molecule has 1 nitrogen and oxygen atoms in total. The van der Waals surface area contributed by atoms with Gasteiger partial charge in [0.1, 0.15) is 0 Å². The molecule has 310 valence electrons. The lowest BCUT2D eigenvalue weighted by molar-refractivity contribution is 0.639. The van der Waals surface area contributed by atoms with Crippen LogP contribution in [0.25, 0.3) is 93.5 Å². The molecule has 0 amide bonds. The summed E-state index contributed by atoms with van der Waals surface area (Å²) in [6, 6.07) is 79.3. The van der Waals surface area contributed by atoms with E-state index in [0.29, 0.717) is 0 Å². The van der Waals surface area contributed by atoms with Crippen molar-refractivity contribution in [1.29, 1.82) is 0 Å². The summed E-state index contributed by atoms with van der Waals surface area (Å²) in [5.74, 6) is 0. The Morgan fingerprint density at radius 1 is 0.364 bits per heavy atom. The topological polar surface area (TPSA) is 4.93 Å². The van der Waals surface area contributed by atoms with Crippen LogP contribution in [0.15, 0.2) is 237 Å². The molecule has 10 aromatic carbocycles. The molecule has 2 aliphatic carbocycles. The fraction of sp³-hybridized carbons (Fsp3) is 0.0462. The second-order valence-electron chi connectivity index (χ2n) is 17.5. The summed E-state index contributed by atoms with van der Waals surface area (Å²) < 4.78 is 2.44. The van der Waals surface area contributed by atoms with Crippen LogP contribution in [0.3, 0.4) is 0 Å². The first-order valence-corrected chi connectivity index (χ1v) is 22.9. The van der Waals surface area contributed by atoms with E-state index in [1.165, 1.54) is 110 Å². The van der Waals surface area contributed by atoms with E-state index in [-0.39, 0.29) is 5.41 Å². The van der Waals surface area contributed by atoms with Crippen LogP contribution in [0.1, 0.15) is 28.7 Å². The number of rotatable bonds is 4.